The fourth-order valence-corrected chi connectivity index (χ4v) is 2.96. The van der Waals surface area contributed by atoms with Crippen molar-refractivity contribution in [3.63, 3.8) is 0 Å². The first-order valence-corrected chi connectivity index (χ1v) is 6.45. The van der Waals surface area contributed by atoms with Gasteiger partial charge in [0.05, 0.1) is 13.2 Å². The number of amides is 2. The Morgan fingerprint density at radius 1 is 1.32 bits per heavy atom. The number of carbonyl (C=O) groups excluding carboxylic acids is 2. The number of rotatable bonds is 2. The monoisotopic (exact) mass is 260 g/mol. The van der Waals surface area contributed by atoms with Crippen LogP contribution in [0, 0.1) is 0 Å². The van der Waals surface area contributed by atoms with Crippen LogP contribution in [0.1, 0.15) is 24.4 Å². The molecule has 1 aromatic rings. The van der Waals surface area contributed by atoms with Crippen molar-refractivity contribution >= 4 is 11.8 Å². The predicted octanol–water partition coefficient (Wildman–Crippen LogP) is 0.857. The number of hydrogen-bond acceptors (Lipinski definition) is 4. The molecule has 0 aromatic heterocycles. The van der Waals surface area contributed by atoms with Crippen molar-refractivity contribution in [1.82, 2.24) is 10.2 Å². The maximum absolute atomic E-state index is 12.1. The van der Waals surface area contributed by atoms with Crippen LogP contribution in [0.25, 0.3) is 0 Å². The van der Waals surface area contributed by atoms with Gasteiger partial charge in [0.2, 0.25) is 11.8 Å². The van der Waals surface area contributed by atoms with Crippen LogP contribution in [-0.4, -0.2) is 36.4 Å². The Kier molecular flexibility index (Phi) is 2.98. The molecule has 0 saturated carbocycles. The third-order valence-electron chi connectivity index (χ3n) is 3.83. The molecule has 2 amide bonds. The minimum atomic E-state index is -0.389. The molecule has 2 atom stereocenters. The van der Waals surface area contributed by atoms with Crippen molar-refractivity contribution in [1.29, 1.82) is 0 Å². The molecule has 0 aliphatic carbocycles. The number of benzene rings is 1. The number of fused-ring (bicyclic) bond motifs is 1. The molecule has 0 bridgehead atoms. The Morgan fingerprint density at radius 2 is 2.16 bits per heavy atom. The number of piperazine rings is 1. The van der Waals surface area contributed by atoms with Crippen LogP contribution in [0.3, 0.4) is 0 Å². The van der Waals surface area contributed by atoms with Gasteiger partial charge in [0.1, 0.15) is 11.8 Å². The summed E-state index contributed by atoms with van der Waals surface area (Å²) in [5.41, 5.74) is 0.872. The second-order valence-electron chi connectivity index (χ2n) is 4.93. The van der Waals surface area contributed by atoms with Crippen LogP contribution in [0.15, 0.2) is 24.3 Å². The summed E-state index contributed by atoms with van der Waals surface area (Å²) in [6.45, 7) is 0.783. The Balaban J connectivity index is 1.97. The number of ether oxygens (including phenoxy) is 1. The molecule has 2 aliphatic heterocycles. The smallest absolute Gasteiger partial charge is 0.248 e. The molecular formula is C14H16N2O3. The molecule has 0 unspecified atom stereocenters. The largest absolute Gasteiger partial charge is 0.497 e. The minimum Gasteiger partial charge on any atom is -0.497 e. The van der Waals surface area contributed by atoms with Crippen molar-refractivity contribution in [2.75, 3.05) is 13.7 Å². The van der Waals surface area contributed by atoms with Gasteiger partial charge in [-0.2, -0.15) is 0 Å². The van der Waals surface area contributed by atoms with E-state index < -0.39 is 0 Å². The van der Waals surface area contributed by atoms with Crippen molar-refractivity contribution in [3.05, 3.63) is 29.8 Å². The van der Waals surface area contributed by atoms with Crippen molar-refractivity contribution < 1.29 is 14.3 Å². The first-order chi connectivity index (χ1) is 9.20. The Bertz CT molecular complexity index is 529. The van der Waals surface area contributed by atoms with Gasteiger partial charge in [-0.1, -0.05) is 12.1 Å². The zero-order valence-corrected chi connectivity index (χ0v) is 10.8. The highest BCUT2D eigenvalue weighted by Gasteiger charge is 2.44. The summed E-state index contributed by atoms with van der Waals surface area (Å²) < 4.78 is 5.20. The molecule has 19 heavy (non-hydrogen) atoms. The van der Waals surface area contributed by atoms with Gasteiger partial charge in [-0.25, -0.2) is 0 Å². The topological polar surface area (TPSA) is 58.6 Å². The average molecular weight is 260 g/mol. The number of imide groups is 1. The quantitative estimate of drug-likeness (QED) is 0.801. The van der Waals surface area contributed by atoms with Crippen LogP contribution >= 0.6 is 0 Å². The van der Waals surface area contributed by atoms with Crippen molar-refractivity contribution in [3.8, 4) is 5.75 Å². The van der Waals surface area contributed by atoms with E-state index in [2.05, 4.69) is 5.32 Å². The van der Waals surface area contributed by atoms with Crippen LogP contribution in [0.5, 0.6) is 5.75 Å². The molecule has 0 spiro atoms. The second kappa shape index (κ2) is 4.66. The third-order valence-corrected chi connectivity index (χ3v) is 3.83. The molecule has 2 fully saturated rings. The zero-order valence-electron chi connectivity index (χ0n) is 10.8. The molecule has 1 aromatic carbocycles. The van der Waals surface area contributed by atoms with E-state index in [-0.39, 0.29) is 23.9 Å². The highest BCUT2D eigenvalue weighted by molar-refractivity contribution is 6.03. The van der Waals surface area contributed by atoms with Gasteiger partial charge < -0.3 is 4.74 Å². The van der Waals surface area contributed by atoms with E-state index in [9.17, 15) is 9.59 Å². The lowest BCUT2D eigenvalue weighted by Crippen LogP contribution is -2.56. The molecule has 5 heteroatoms. The summed E-state index contributed by atoms with van der Waals surface area (Å²) in [4.78, 5) is 25.9. The Hall–Kier alpha value is -1.88. The molecule has 2 aliphatic rings. The number of methoxy groups -OCH3 is 1. The van der Waals surface area contributed by atoms with Gasteiger partial charge in [-0.3, -0.25) is 19.8 Å². The lowest BCUT2D eigenvalue weighted by Gasteiger charge is -2.35. The maximum Gasteiger partial charge on any atom is 0.248 e. The van der Waals surface area contributed by atoms with E-state index in [1.807, 2.05) is 29.2 Å². The van der Waals surface area contributed by atoms with E-state index >= 15 is 0 Å². The summed E-state index contributed by atoms with van der Waals surface area (Å²) in [6.07, 6.45) is 1.77. The van der Waals surface area contributed by atoms with Gasteiger partial charge >= 0.3 is 0 Å². The number of nitrogens with one attached hydrogen (secondary N) is 1. The molecule has 0 radical (unpaired) electrons. The number of nitrogens with zero attached hydrogens (tertiary/aromatic N) is 1. The van der Waals surface area contributed by atoms with Crippen LogP contribution in [0.2, 0.25) is 0 Å². The fourth-order valence-electron chi connectivity index (χ4n) is 2.96. The van der Waals surface area contributed by atoms with Gasteiger partial charge in [-0.05, 0) is 30.5 Å². The van der Waals surface area contributed by atoms with Gasteiger partial charge in [0.15, 0.2) is 0 Å². The maximum atomic E-state index is 12.1. The predicted molar refractivity (Wildman–Crippen MR) is 68.6 cm³/mol. The highest BCUT2D eigenvalue weighted by Crippen LogP contribution is 2.33. The SMILES string of the molecule is COc1cccc([C@H]2C(=O)NC(=O)[C@@H]3CCCN23)c1. The van der Waals surface area contributed by atoms with E-state index in [1.165, 1.54) is 0 Å². The van der Waals surface area contributed by atoms with Crippen LogP contribution in [-0.2, 0) is 9.59 Å². The molecule has 2 heterocycles. The summed E-state index contributed by atoms with van der Waals surface area (Å²) >= 11 is 0. The van der Waals surface area contributed by atoms with Gasteiger partial charge in [0, 0.05) is 6.54 Å². The lowest BCUT2D eigenvalue weighted by atomic mass is 10.00. The third kappa shape index (κ3) is 2.00. The Morgan fingerprint density at radius 3 is 2.95 bits per heavy atom. The minimum absolute atomic E-state index is 0.165. The highest BCUT2D eigenvalue weighted by atomic mass is 16.5. The lowest BCUT2D eigenvalue weighted by molar-refractivity contribution is -0.143. The summed E-state index contributed by atoms with van der Waals surface area (Å²) in [7, 11) is 1.60. The first kappa shape index (κ1) is 12.2. The summed E-state index contributed by atoms with van der Waals surface area (Å²) in [5, 5.41) is 2.48. The van der Waals surface area contributed by atoms with Gasteiger partial charge in [0.25, 0.3) is 0 Å². The second-order valence-corrected chi connectivity index (χ2v) is 4.93. The zero-order chi connectivity index (χ0) is 13.4. The average Bonchev–Trinajstić information content (AvgIpc) is 2.88. The normalized spacial score (nSPS) is 27.0. The van der Waals surface area contributed by atoms with E-state index in [4.69, 9.17) is 4.74 Å². The summed E-state index contributed by atoms with van der Waals surface area (Å²) in [6, 6.07) is 6.90. The number of hydrogen-bond donors (Lipinski definition) is 1. The van der Waals surface area contributed by atoms with E-state index in [0.717, 1.165) is 30.7 Å². The van der Waals surface area contributed by atoms with E-state index in [1.54, 1.807) is 7.11 Å². The molecule has 100 valence electrons. The Labute approximate surface area is 111 Å². The van der Waals surface area contributed by atoms with Crippen molar-refractivity contribution in [2.24, 2.45) is 0 Å². The number of carbonyl (C=O) groups is 2. The van der Waals surface area contributed by atoms with Crippen LogP contribution < -0.4 is 10.1 Å². The van der Waals surface area contributed by atoms with E-state index in [0.29, 0.717) is 0 Å². The molecule has 3 rings (SSSR count). The molecule has 5 nitrogen and oxygen atoms in total. The molecule has 2 saturated heterocycles. The molecular weight excluding hydrogens is 244 g/mol. The fraction of sp³-hybridized carbons (Fsp3) is 0.429. The van der Waals surface area contributed by atoms with Crippen molar-refractivity contribution in [2.45, 2.75) is 24.9 Å². The van der Waals surface area contributed by atoms with Gasteiger partial charge in [-0.15, -0.1) is 0 Å². The standard InChI is InChI=1S/C14H16N2O3/c1-19-10-5-2-4-9(8-10)12-14(18)15-13(17)11-6-3-7-16(11)12/h2,4-5,8,11-12H,3,6-7H2,1H3,(H,15,17,18)/t11-,12-/m0/s1. The molecule has 1 N–H and O–H groups in total. The summed E-state index contributed by atoms with van der Waals surface area (Å²) in [5.74, 6) is 0.316. The van der Waals surface area contributed by atoms with Crippen LogP contribution in [0.4, 0.5) is 0 Å². The first-order valence-electron chi connectivity index (χ1n) is 6.45.